The van der Waals surface area contributed by atoms with Gasteiger partial charge in [-0.25, -0.2) is 0 Å². The highest BCUT2D eigenvalue weighted by atomic mass is 16.5. The van der Waals surface area contributed by atoms with Crippen molar-refractivity contribution < 1.29 is 4.52 Å². The molecule has 0 spiro atoms. The average Bonchev–Trinajstić information content (AvgIpc) is 2.98. The maximum absolute atomic E-state index is 5.86. The molecule has 0 bridgehead atoms. The lowest BCUT2D eigenvalue weighted by atomic mass is 10.2. The molecule has 2 N–H and O–H groups in total. The van der Waals surface area contributed by atoms with Gasteiger partial charge in [-0.3, -0.25) is 4.68 Å². The van der Waals surface area contributed by atoms with Gasteiger partial charge < -0.3 is 10.3 Å². The molecule has 2 aromatic heterocycles. The summed E-state index contributed by atoms with van der Waals surface area (Å²) in [5, 5.41) is 8.11. The Balaban J connectivity index is 2.02. The van der Waals surface area contributed by atoms with Crippen LogP contribution >= 0.6 is 0 Å². The molecule has 0 atom stereocenters. The van der Waals surface area contributed by atoms with Crippen LogP contribution in [-0.2, 0) is 7.05 Å². The Morgan fingerprint density at radius 3 is 2.78 bits per heavy atom. The molecule has 0 saturated heterocycles. The summed E-state index contributed by atoms with van der Waals surface area (Å²) < 4.78 is 6.89. The summed E-state index contributed by atoms with van der Waals surface area (Å²) in [6.45, 7) is 0. The second-order valence-corrected chi connectivity index (χ2v) is 3.89. The lowest BCUT2D eigenvalue weighted by Crippen LogP contribution is -1.90. The Hall–Kier alpha value is -2.63. The van der Waals surface area contributed by atoms with Crippen LogP contribution in [0, 0.1) is 0 Å². The summed E-state index contributed by atoms with van der Waals surface area (Å²) >= 11 is 0. The maximum atomic E-state index is 5.86. The number of anilines is 1. The minimum absolute atomic E-state index is 0.397. The van der Waals surface area contributed by atoms with Crippen molar-refractivity contribution >= 4 is 5.69 Å². The van der Waals surface area contributed by atoms with Gasteiger partial charge in [-0.15, -0.1) is 0 Å². The predicted octanol–water partition coefficient (Wildman–Crippen LogP) is 1.72. The first-order valence-corrected chi connectivity index (χ1v) is 5.42. The fourth-order valence-electron chi connectivity index (χ4n) is 1.66. The van der Waals surface area contributed by atoms with Crippen molar-refractivity contribution in [2.75, 3.05) is 5.73 Å². The molecule has 18 heavy (non-hydrogen) atoms. The highest BCUT2D eigenvalue weighted by Gasteiger charge is 2.13. The second kappa shape index (κ2) is 3.99. The standard InChI is InChI=1S/C12H11N5O/c1-17-7-6-10(15-17)11-14-12(18-16-11)8-4-2-3-5-9(8)13/h2-7H,13H2,1H3. The quantitative estimate of drug-likeness (QED) is 0.691. The van der Waals surface area contributed by atoms with E-state index in [-0.39, 0.29) is 0 Å². The lowest BCUT2D eigenvalue weighted by Gasteiger charge is -1.97. The molecule has 6 heteroatoms. The molecular formula is C12H11N5O. The smallest absolute Gasteiger partial charge is 0.260 e. The Morgan fingerprint density at radius 2 is 2.06 bits per heavy atom. The van der Waals surface area contributed by atoms with Gasteiger partial charge in [-0.1, -0.05) is 17.3 Å². The number of nitrogens with zero attached hydrogens (tertiary/aromatic N) is 4. The summed E-state index contributed by atoms with van der Waals surface area (Å²) in [6, 6.07) is 9.18. The zero-order chi connectivity index (χ0) is 12.5. The van der Waals surface area contributed by atoms with E-state index in [2.05, 4.69) is 15.2 Å². The fourth-order valence-corrected chi connectivity index (χ4v) is 1.66. The van der Waals surface area contributed by atoms with Crippen molar-refractivity contribution in [1.82, 2.24) is 19.9 Å². The topological polar surface area (TPSA) is 82.8 Å². The van der Waals surface area contributed by atoms with E-state index in [1.807, 2.05) is 37.5 Å². The SMILES string of the molecule is Cn1ccc(-c2noc(-c3ccccc3N)n2)n1. The number of rotatable bonds is 2. The van der Waals surface area contributed by atoms with E-state index in [9.17, 15) is 0 Å². The number of para-hydroxylation sites is 1. The number of aromatic nitrogens is 4. The molecule has 0 amide bonds. The number of aryl methyl sites for hydroxylation is 1. The largest absolute Gasteiger partial charge is 0.398 e. The first kappa shape index (κ1) is 10.5. The zero-order valence-corrected chi connectivity index (χ0v) is 9.74. The van der Waals surface area contributed by atoms with Crippen LogP contribution in [0.4, 0.5) is 5.69 Å². The van der Waals surface area contributed by atoms with E-state index in [0.29, 0.717) is 23.1 Å². The third kappa shape index (κ3) is 1.73. The van der Waals surface area contributed by atoms with E-state index >= 15 is 0 Å². The molecule has 0 fully saturated rings. The van der Waals surface area contributed by atoms with Crippen molar-refractivity contribution in [3.05, 3.63) is 36.5 Å². The number of nitrogens with two attached hydrogens (primary N) is 1. The highest BCUT2D eigenvalue weighted by molar-refractivity contribution is 5.70. The van der Waals surface area contributed by atoms with E-state index in [0.717, 1.165) is 5.56 Å². The van der Waals surface area contributed by atoms with E-state index in [4.69, 9.17) is 10.3 Å². The van der Waals surface area contributed by atoms with Crippen molar-refractivity contribution in [3.8, 4) is 23.0 Å². The molecule has 0 radical (unpaired) electrons. The van der Waals surface area contributed by atoms with Crippen LogP contribution in [0.3, 0.4) is 0 Å². The van der Waals surface area contributed by atoms with Crippen LogP contribution < -0.4 is 5.73 Å². The minimum Gasteiger partial charge on any atom is -0.398 e. The summed E-state index contributed by atoms with van der Waals surface area (Å²) in [5.74, 6) is 0.850. The molecule has 6 nitrogen and oxygen atoms in total. The third-order valence-electron chi connectivity index (χ3n) is 2.56. The summed E-state index contributed by atoms with van der Waals surface area (Å²) in [7, 11) is 1.83. The van der Waals surface area contributed by atoms with Gasteiger partial charge in [0.25, 0.3) is 5.89 Å². The van der Waals surface area contributed by atoms with Crippen molar-refractivity contribution in [2.45, 2.75) is 0 Å². The van der Waals surface area contributed by atoms with Crippen molar-refractivity contribution in [3.63, 3.8) is 0 Å². The molecule has 0 aliphatic heterocycles. The summed E-state index contributed by atoms with van der Waals surface area (Å²) in [4.78, 5) is 4.29. The van der Waals surface area contributed by atoms with Gasteiger partial charge in [0.05, 0.1) is 5.56 Å². The Morgan fingerprint density at radius 1 is 1.22 bits per heavy atom. The van der Waals surface area contributed by atoms with Crippen LogP contribution in [0.5, 0.6) is 0 Å². The molecule has 3 rings (SSSR count). The maximum Gasteiger partial charge on any atom is 0.260 e. The average molecular weight is 241 g/mol. The first-order valence-electron chi connectivity index (χ1n) is 5.42. The highest BCUT2D eigenvalue weighted by Crippen LogP contribution is 2.25. The number of nitrogen functional groups attached to an aromatic ring is 1. The molecule has 2 heterocycles. The van der Waals surface area contributed by atoms with Gasteiger partial charge in [-0.05, 0) is 18.2 Å². The molecule has 90 valence electrons. The zero-order valence-electron chi connectivity index (χ0n) is 9.74. The lowest BCUT2D eigenvalue weighted by molar-refractivity contribution is 0.432. The molecule has 0 saturated carbocycles. The first-order chi connectivity index (χ1) is 8.74. The minimum atomic E-state index is 0.397. The third-order valence-corrected chi connectivity index (χ3v) is 2.56. The summed E-state index contributed by atoms with van der Waals surface area (Å²) in [6.07, 6.45) is 1.82. The van der Waals surface area contributed by atoms with Gasteiger partial charge in [0, 0.05) is 18.9 Å². The van der Waals surface area contributed by atoms with Gasteiger partial charge in [-0.2, -0.15) is 10.1 Å². The Labute approximate surface area is 103 Å². The van der Waals surface area contributed by atoms with E-state index < -0.39 is 0 Å². The van der Waals surface area contributed by atoms with Gasteiger partial charge >= 0.3 is 0 Å². The van der Waals surface area contributed by atoms with Gasteiger partial charge in [0.15, 0.2) is 0 Å². The van der Waals surface area contributed by atoms with Crippen molar-refractivity contribution in [2.24, 2.45) is 7.05 Å². The van der Waals surface area contributed by atoms with E-state index in [1.54, 1.807) is 10.7 Å². The van der Waals surface area contributed by atoms with Crippen LogP contribution in [0.1, 0.15) is 0 Å². The van der Waals surface area contributed by atoms with Crippen LogP contribution in [0.2, 0.25) is 0 Å². The molecule has 3 aromatic rings. The number of hydrogen-bond donors (Lipinski definition) is 1. The van der Waals surface area contributed by atoms with Crippen molar-refractivity contribution in [1.29, 1.82) is 0 Å². The molecule has 0 aliphatic rings. The van der Waals surface area contributed by atoms with Gasteiger partial charge in [0.1, 0.15) is 5.69 Å². The predicted molar refractivity (Wildman–Crippen MR) is 66.3 cm³/mol. The number of hydrogen-bond acceptors (Lipinski definition) is 5. The monoisotopic (exact) mass is 241 g/mol. The van der Waals surface area contributed by atoms with Gasteiger partial charge in [0.2, 0.25) is 5.82 Å². The second-order valence-electron chi connectivity index (χ2n) is 3.89. The summed E-state index contributed by atoms with van der Waals surface area (Å²) in [5.41, 5.74) is 7.86. The molecular weight excluding hydrogens is 230 g/mol. The Bertz CT molecular complexity index is 685. The Kier molecular flexibility index (Phi) is 2.33. The van der Waals surface area contributed by atoms with Crippen LogP contribution in [0.15, 0.2) is 41.1 Å². The number of benzene rings is 1. The normalized spacial score (nSPS) is 10.7. The fraction of sp³-hybridized carbons (Fsp3) is 0.0833. The van der Waals surface area contributed by atoms with E-state index in [1.165, 1.54) is 0 Å². The molecule has 1 aromatic carbocycles. The molecule has 0 aliphatic carbocycles. The van der Waals surface area contributed by atoms with Crippen LogP contribution in [-0.4, -0.2) is 19.9 Å². The van der Waals surface area contributed by atoms with Crippen LogP contribution in [0.25, 0.3) is 23.0 Å². The molecule has 0 unspecified atom stereocenters.